The summed E-state index contributed by atoms with van der Waals surface area (Å²) in [6, 6.07) is 5.88. The van der Waals surface area contributed by atoms with Gasteiger partial charge in [-0.25, -0.2) is 4.98 Å². The number of imidazole rings is 1. The molecule has 92 valence electrons. The van der Waals surface area contributed by atoms with Gasteiger partial charge in [-0.2, -0.15) is 0 Å². The molecule has 2 N–H and O–H groups in total. The molecule has 1 aromatic heterocycles. The molecule has 2 rings (SSSR count). The zero-order valence-corrected chi connectivity index (χ0v) is 10.8. The van der Waals surface area contributed by atoms with Crippen molar-refractivity contribution in [3.05, 3.63) is 24.0 Å². The number of nitrogens with zero attached hydrogens (tertiary/aromatic N) is 2. The molecule has 1 heterocycles. The number of aromatic nitrogens is 2. The molecule has 0 fully saturated rings. The Bertz CT molecular complexity index is 543. The van der Waals surface area contributed by atoms with E-state index in [1.807, 2.05) is 32.2 Å². The van der Waals surface area contributed by atoms with Crippen LogP contribution >= 0.6 is 0 Å². The third-order valence-corrected chi connectivity index (χ3v) is 3.33. The van der Waals surface area contributed by atoms with Gasteiger partial charge in [0, 0.05) is 13.1 Å². The van der Waals surface area contributed by atoms with E-state index in [0.29, 0.717) is 0 Å². The second-order valence-corrected chi connectivity index (χ2v) is 4.62. The molecule has 1 atom stereocenters. The molecule has 1 unspecified atom stereocenters. The number of hydrogen-bond acceptors (Lipinski definition) is 3. The lowest BCUT2D eigenvalue weighted by atomic mass is 10.00. The highest BCUT2D eigenvalue weighted by Crippen LogP contribution is 2.26. The van der Waals surface area contributed by atoms with E-state index in [1.54, 1.807) is 7.11 Å². The number of hydrogen-bond donors (Lipinski definition) is 1. The fraction of sp³-hybridized carbons (Fsp3) is 0.462. The van der Waals surface area contributed by atoms with E-state index < -0.39 is 5.54 Å². The highest BCUT2D eigenvalue weighted by molar-refractivity contribution is 5.78. The van der Waals surface area contributed by atoms with Crippen molar-refractivity contribution in [1.29, 1.82) is 0 Å². The van der Waals surface area contributed by atoms with Gasteiger partial charge in [-0.15, -0.1) is 0 Å². The Kier molecular flexibility index (Phi) is 2.83. The van der Waals surface area contributed by atoms with Crippen LogP contribution in [0.25, 0.3) is 11.0 Å². The molecule has 17 heavy (non-hydrogen) atoms. The van der Waals surface area contributed by atoms with E-state index in [2.05, 4.69) is 16.5 Å². The van der Waals surface area contributed by atoms with Crippen LogP contribution in [-0.4, -0.2) is 16.7 Å². The Morgan fingerprint density at radius 2 is 2.18 bits per heavy atom. The number of benzene rings is 1. The molecule has 0 amide bonds. The molecule has 0 aliphatic rings. The van der Waals surface area contributed by atoms with Crippen LogP contribution in [0.2, 0.25) is 0 Å². The van der Waals surface area contributed by atoms with Crippen LogP contribution in [0.5, 0.6) is 5.75 Å². The SMILES string of the molecule is CCC(C)(N)c1nc2cc(OC)ccc2n1C. The van der Waals surface area contributed by atoms with Crippen molar-refractivity contribution >= 4 is 11.0 Å². The van der Waals surface area contributed by atoms with Gasteiger partial charge >= 0.3 is 0 Å². The molecular weight excluding hydrogens is 214 g/mol. The van der Waals surface area contributed by atoms with Crippen molar-refractivity contribution in [1.82, 2.24) is 9.55 Å². The summed E-state index contributed by atoms with van der Waals surface area (Å²) in [6.07, 6.45) is 0.849. The molecule has 0 bridgehead atoms. The number of ether oxygens (including phenoxy) is 1. The Labute approximate surface area is 101 Å². The van der Waals surface area contributed by atoms with E-state index >= 15 is 0 Å². The fourth-order valence-corrected chi connectivity index (χ4v) is 1.98. The Morgan fingerprint density at radius 3 is 2.76 bits per heavy atom. The van der Waals surface area contributed by atoms with Crippen molar-refractivity contribution in [2.24, 2.45) is 12.8 Å². The number of rotatable bonds is 3. The number of aryl methyl sites for hydroxylation is 1. The lowest BCUT2D eigenvalue weighted by Gasteiger charge is -2.21. The minimum absolute atomic E-state index is 0.402. The summed E-state index contributed by atoms with van der Waals surface area (Å²) in [5, 5.41) is 0. The van der Waals surface area contributed by atoms with Gasteiger partial charge in [0.25, 0.3) is 0 Å². The largest absolute Gasteiger partial charge is 0.497 e. The molecule has 0 aliphatic heterocycles. The van der Waals surface area contributed by atoms with Crippen LogP contribution in [0.4, 0.5) is 0 Å². The predicted molar refractivity (Wildman–Crippen MR) is 69.1 cm³/mol. The van der Waals surface area contributed by atoms with E-state index in [4.69, 9.17) is 10.5 Å². The summed E-state index contributed by atoms with van der Waals surface area (Å²) in [5.74, 6) is 1.72. The first kappa shape index (κ1) is 11.9. The summed E-state index contributed by atoms with van der Waals surface area (Å²) in [6.45, 7) is 4.07. The molecule has 2 aromatic rings. The maximum Gasteiger partial charge on any atom is 0.129 e. The van der Waals surface area contributed by atoms with Crippen molar-refractivity contribution in [2.75, 3.05) is 7.11 Å². The highest BCUT2D eigenvalue weighted by Gasteiger charge is 2.25. The Balaban J connectivity index is 2.64. The molecule has 0 spiro atoms. The predicted octanol–water partition coefficient (Wildman–Crippen LogP) is 2.17. The van der Waals surface area contributed by atoms with Crippen LogP contribution in [0.1, 0.15) is 26.1 Å². The van der Waals surface area contributed by atoms with Crippen LogP contribution < -0.4 is 10.5 Å². The zero-order valence-electron chi connectivity index (χ0n) is 10.8. The van der Waals surface area contributed by atoms with E-state index in [0.717, 1.165) is 29.0 Å². The average Bonchev–Trinajstić information content (AvgIpc) is 2.67. The minimum atomic E-state index is -0.402. The summed E-state index contributed by atoms with van der Waals surface area (Å²) in [4.78, 5) is 4.62. The monoisotopic (exact) mass is 233 g/mol. The lowest BCUT2D eigenvalue weighted by molar-refractivity contribution is 0.415. The number of methoxy groups -OCH3 is 1. The van der Waals surface area contributed by atoms with Crippen molar-refractivity contribution in [2.45, 2.75) is 25.8 Å². The standard InChI is InChI=1S/C13H19N3O/c1-5-13(2,14)12-15-10-8-9(17-4)6-7-11(10)16(12)3/h6-8H,5,14H2,1-4H3. The maximum absolute atomic E-state index is 6.26. The second-order valence-electron chi connectivity index (χ2n) is 4.62. The summed E-state index contributed by atoms with van der Waals surface area (Å²) in [7, 11) is 3.65. The minimum Gasteiger partial charge on any atom is -0.497 e. The van der Waals surface area contributed by atoms with Crippen LogP contribution in [0.3, 0.4) is 0 Å². The highest BCUT2D eigenvalue weighted by atomic mass is 16.5. The van der Waals surface area contributed by atoms with Crippen molar-refractivity contribution in [3.63, 3.8) is 0 Å². The van der Waals surface area contributed by atoms with Gasteiger partial charge in [0.1, 0.15) is 11.6 Å². The quantitative estimate of drug-likeness (QED) is 0.884. The lowest BCUT2D eigenvalue weighted by Crippen LogP contribution is -2.35. The van der Waals surface area contributed by atoms with Crippen molar-refractivity contribution in [3.8, 4) is 5.75 Å². The van der Waals surface area contributed by atoms with E-state index in [-0.39, 0.29) is 0 Å². The molecule has 0 saturated heterocycles. The molecule has 4 heteroatoms. The smallest absolute Gasteiger partial charge is 0.129 e. The van der Waals surface area contributed by atoms with E-state index in [9.17, 15) is 0 Å². The normalized spacial score (nSPS) is 14.9. The Morgan fingerprint density at radius 1 is 1.47 bits per heavy atom. The topological polar surface area (TPSA) is 53.1 Å². The summed E-state index contributed by atoms with van der Waals surface area (Å²) >= 11 is 0. The van der Waals surface area contributed by atoms with Gasteiger partial charge in [-0.05, 0) is 25.5 Å². The van der Waals surface area contributed by atoms with Gasteiger partial charge in [0.15, 0.2) is 0 Å². The van der Waals surface area contributed by atoms with Crippen LogP contribution in [-0.2, 0) is 12.6 Å². The fourth-order valence-electron chi connectivity index (χ4n) is 1.98. The number of nitrogens with two attached hydrogens (primary N) is 1. The first-order valence-electron chi connectivity index (χ1n) is 5.79. The molecule has 0 aliphatic carbocycles. The first-order chi connectivity index (χ1) is 7.99. The third-order valence-electron chi connectivity index (χ3n) is 3.33. The Hall–Kier alpha value is -1.55. The average molecular weight is 233 g/mol. The molecule has 0 radical (unpaired) electrons. The van der Waals surface area contributed by atoms with Crippen molar-refractivity contribution < 1.29 is 4.74 Å². The van der Waals surface area contributed by atoms with Gasteiger partial charge in [0.2, 0.25) is 0 Å². The van der Waals surface area contributed by atoms with Crippen LogP contribution in [0.15, 0.2) is 18.2 Å². The van der Waals surface area contributed by atoms with Crippen LogP contribution in [0, 0.1) is 0 Å². The number of fused-ring (bicyclic) bond motifs is 1. The first-order valence-corrected chi connectivity index (χ1v) is 5.79. The molecule has 0 saturated carbocycles. The third kappa shape index (κ3) is 1.89. The van der Waals surface area contributed by atoms with E-state index in [1.165, 1.54) is 0 Å². The zero-order chi connectivity index (χ0) is 12.6. The van der Waals surface area contributed by atoms with Gasteiger partial charge in [-0.3, -0.25) is 0 Å². The van der Waals surface area contributed by atoms with Gasteiger partial charge in [-0.1, -0.05) is 6.92 Å². The summed E-state index contributed by atoms with van der Waals surface area (Å²) in [5.41, 5.74) is 7.85. The second kappa shape index (κ2) is 4.04. The molecule has 4 nitrogen and oxygen atoms in total. The molecule has 1 aromatic carbocycles. The molecular formula is C13H19N3O. The van der Waals surface area contributed by atoms with Gasteiger partial charge in [0.05, 0.1) is 23.7 Å². The maximum atomic E-state index is 6.26. The summed E-state index contributed by atoms with van der Waals surface area (Å²) < 4.78 is 7.26. The van der Waals surface area contributed by atoms with Gasteiger partial charge < -0.3 is 15.0 Å².